The number of hydrogen-bond acceptors (Lipinski definition) is 3. The van der Waals surface area contributed by atoms with Gasteiger partial charge in [0.2, 0.25) is 5.43 Å². The van der Waals surface area contributed by atoms with E-state index in [1.807, 2.05) is 13.8 Å². The molecule has 1 heterocycles. The number of H-pyrrole nitrogens is 1. The molecule has 15 heavy (non-hydrogen) atoms. The second-order valence-corrected chi connectivity index (χ2v) is 4.13. The highest BCUT2D eigenvalue weighted by Gasteiger charge is 2.08. The topological polar surface area (TPSA) is 70.2 Å². The molecule has 2 N–H and O–H groups in total. The van der Waals surface area contributed by atoms with Crippen molar-refractivity contribution in [3.05, 3.63) is 37.4 Å². The number of nitrogens with one attached hydrogen (secondary N) is 1. The van der Waals surface area contributed by atoms with Crippen molar-refractivity contribution in [1.29, 1.82) is 0 Å². The highest BCUT2D eigenvalue weighted by Crippen LogP contribution is 2.11. The summed E-state index contributed by atoms with van der Waals surface area (Å²) in [4.78, 5) is 25.1. The first kappa shape index (κ1) is 11.8. The molecule has 0 spiro atoms. The molecular formula is C10H12ClNO3. The van der Waals surface area contributed by atoms with Gasteiger partial charge in [0.15, 0.2) is 10.8 Å². The van der Waals surface area contributed by atoms with Gasteiger partial charge in [-0.2, -0.15) is 0 Å². The zero-order valence-electron chi connectivity index (χ0n) is 8.50. The molecule has 0 unspecified atom stereocenters. The Morgan fingerprint density at radius 1 is 1.47 bits per heavy atom. The third kappa shape index (κ3) is 2.83. The number of halogens is 1. The second kappa shape index (κ2) is 4.49. The van der Waals surface area contributed by atoms with Gasteiger partial charge >= 0.3 is 0 Å². The van der Waals surface area contributed by atoms with Gasteiger partial charge in [-0.3, -0.25) is 9.59 Å². The highest BCUT2D eigenvalue weighted by atomic mass is 35.5. The van der Waals surface area contributed by atoms with Crippen molar-refractivity contribution < 1.29 is 5.11 Å². The van der Waals surface area contributed by atoms with Crippen molar-refractivity contribution in [3.63, 3.8) is 0 Å². The molecule has 0 atom stereocenters. The summed E-state index contributed by atoms with van der Waals surface area (Å²) in [5.74, 6) is -0.406. The fourth-order valence-corrected chi connectivity index (χ4v) is 1.37. The lowest BCUT2D eigenvalue weighted by atomic mass is 10.1. The summed E-state index contributed by atoms with van der Waals surface area (Å²) in [6.45, 7) is 3.91. The summed E-state index contributed by atoms with van der Waals surface area (Å²) in [5.41, 5.74) is -0.817. The van der Waals surface area contributed by atoms with Crippen molar-refractivity contribution in [2.75, 3.05) is 0 Å². The molecule has 1 aromatic heterocycles. The molecule has 5 heteroatoms. The van der Waals surface area contributed by atoms with E-state index in [2.05, 4.69) is 4.98 Å². The fraction of sp³-hybridized carbons (Fsp3) is 0.400. The molecule has 0 aliphatic carbocycles. The summed E-state index contributed by atoms with van der Waals surface area (Å²) in [5, 5.41) is 8.78. The van der Waals surface area contributed by atoms with Crippen LogP contribution in [0.15, 0.2) is 15.7 Å². The van der Waals surface area contributed by atoms with Crippen molar-refractivity contribution in [1.82, 2.24) is 4.98 Å². The number of hydrogen-bond donors (Lipinski definition) is 2. The van der Waals surface area contributed by atoms with Crippen LogP contribution in [0.25, 0.3) is 0 Å². The number of aromatic hydroxyl groups is 1. The van der Waals surface area contributed by atoms with Gasteiger partial charge in [0.25, 0.3) is 5.56 Å². The molecule has 0 aliphatic rings. The van der Waals surface area contributed by atoms with E-state index in [-0.39, 0.29) is 0 Å². The Bertz CT molecular complexity index is 440. The minimum atomic E-state index is -0.701. The quantitative estimate of drug-likeness (QED) is 0.803. The van der Waals surface area contributed by atoms with E-state index < -0.39 is 21.8 Å². The normalized spacial score (nSPS) is 10.7. The van der Waals surface area contributed by atoms with Gasteiger partial charge in [0.05, 0.1) is 0 Å². The SMILES string of the molecule is CC(C)Cc1cc(=O)c(O)c(Cl)c(=O)[nH]1. The molecule has 4 nitrogen and oxygen atoms in total. The Balaban J connectivity index is 3.43. The van der Waals surface area contributed by atoms with Crippen molar-refractivity contribution in [3.8, 4) is 5.75 Å². The fourth-order valence-electron chi connectivity index (χ4n) is 1.23. The van der Waals surface area contributed by atoms with Crippen LogP contribution in [0.1, 0.15) is 19.5 Å². The third-order valence-corrected chi connectivity index (χ3v) is 2.20. The van der Waals surface area contributed by atoms with Crippen LogP contribution < -0.4 is 11.0 Å². The maximum absolute atomic E-state index is 11.3. The van der Waals surface area contributed by atoms with E-state index in [1.165, 1.54) is 6.07 Å². The zero-order chi connectivity index (χ0) is 11.6. The molecule has 0 fully saturated rings. The molecule has 0 aromatic carbocycles. The minimum Gasteiger partial charge on any atom is -0.503 e. The van der Waals surface area contributed by atoms with Crippen molar-refractivity contribution in [2.24, 2.45) is 5.92 Å². The van der Waals surface area contributed by atoms with Gasteiger partial charge in [-0.15, -0.1) is 0 Å². The maximum Gasteiger partial charge on any atom is 0.270 e. The average Bonchev–Trinajstić information content (AvgIpc) is 2.19. The summed E-state index contributed by atoms with van der Waals surface area (Å²) in [6.07, 6.45) is 0.551. The van der Waals surface area contributed by atoms with E-state index in [9.17, 15) is 14.7 Å². The first-order valence-corrected chi connectivity index (χ1v) is 4.94. The molecule has 0 amide bonds. The molecule has 1 rings (SSSR count). The van der Waals surface area contributed by atoms with Crippen LogP contribution in [0.5, 0.6) is 5.75 Å². The van der Waals surface area contributed by atoms with Gasteiger partial charge in [0.1, 0.15) is 0 Å². The molecule has 0 radical (unpaired) electrons. The predicted molar refractivity (Wildman–Crippen MR) is 58.5 cm³/mol. The molecule has 0 saturated heterocycles. The molecule has 82 valence electrons. The lowest BCUT2D eigenvalue weighted by Gasteiger charge is -2.00. The smallest absolute Gasteiger partial charge is 0.270 e. The Morgan fingerprint density at radius 3 is 2.60 bits per heavy atom. The Morgan fingerprint density at radius 2 is 2.07 bits per heavy atom. The molecule has 0 bridgehead atoms. The van der Waals surface area contributed by atoms with Crippen LogP contribution in [-0.2, 0) is 6.42 Å². The maximum atomic E-state index is 11.3. The van der Waals surface area contributed by atoms with Crippen molar-refractivity contribution in [2.45, 2.75) is 20.3 Å². The minimum absolute atomic E-state index is 0.295. The third-order valence-electron chi connectivity index (χ3n) is 1.85. The number of aromatic nitrogens is 1. The largest absolute Gasteiger partial charge is 0.503 e. The Kier molecular flexibility index (Phi) is 3.52. The van der Waals surface area contributed by atoms with Gasteiger partial charge in [0, 0.05) is 11.8 Å². The predicted octanol–water partition coefficient (Wildman–Crippen LogP) is 1.29. The van der Waals surface area contributed by atoms with Gasteiger partial charge < -0.3 is 10.1 Å². The molecule has 0 aliphatic heterocycles. The lowest BCUT2D eigenvalue weighted by Crippen LogP contribution is -2.06. The lowest BCUT2D eigenvalue weighted by molar-refractivity contribution is 0.470. The van der Waals surface area contributed by atoms with E-state index in [0.717, 1.165) is 0 Å². The van der Waals surface area contributed by atoms with Gasteiger partial charge in [-0.1, -0.05) is 25.4 Å². The standard InChI is InChI=1S/C10H12ClNO3/c1-5(2)3-6-4-7(13)9(14)8(11)10(15)12-6/h4-5H,3H2,1-2H3,(H,12,15)(H,13,14). The molecule has 1 aromatic rings. The van der Waals surface area contributed by atoms with Gasteiger partial charge in [-0.05, 0) is 12.3 Å². The van der Waals surface area contributed by atoms with E-state index in [4.69, 9.17) is 11.6 Å². The summed E-state index contributed by atoms with van der Waals surface area (Å²) < 4.78 is 0. The summed E-state index contributed by atoms with van der Waals surface area (Å²) in [6, 6.07) is 1.20. The Hall–Kier alpha value is -1.29. The number of rotatable bonds is 2. The van der Waals surface area contributed by atoms with Crippen LogP contribution >= 0.6 is 11.6 Å². The summed E-state index contributed by atoms with van der Waals surface area (Å²) in [7, 11) is 0. The summed E-state index contributed by atoms with van der Waals surface area (Å²) >= 11 is 5.48. The van der Waals surface area contributed by atoms with Crippen LogP contribution in [-0.4, -0.2) is 10.1 Å². The average molecular weight is 230 g/mol. The monoisotopic (exact) mass is 229 g/mol. The van der Waals surface area contributed by atoms with Crippen LogP contribution in [0.2, 0.25) is 5.02 Å². The molecular weight excluding hydrogens is 218 g/mol. The second-order valence-electron chi connectivity index (χ2n) is 3.75. The van der Waals surface area contributed by atoms with Crippen molar-refractivity contribution >= 4 is 11.6 Å². The molecule has 0 saturated carbocycles. The van der Waals surface area contributed by atoms with E-state index in [1.54, 1.807) is 0 Å². The van der Waals surface area contributed by atoms with Crippen LogP contribution in [0, 0.1) is 5.92 Å². The Labute approximate surface area is 91.5 Å². The first-order valence-electron chi connectivity index (χ1n) is 4.56. The van der Waals surface area contributed by atoms with Gasteiger partial charge in [-0.25, -0.2) is 0 Å². The van der Waals surface area contributed by atoms with Crippen LogP contribution in [0.3, 0.4) is 0 Å². The van der Waals surface area contributed by atoms with Crippen LogP contribution in [0.4, 0.5) is 0 Å². The zero-order valence-corrected chi connectivity index (χ0v) is 9.26. The van der Waals surface area contributed by atoms with E-state index >= 15 is 0 Å². The highest BCUT2D eigenvalue weighted by molar-refractivity contribution is 6.31. The first-order chi connectivity index (χ1) is 6.91. The van der Waals surface area contributed by atoms with E-state index in [0.29, 0.717) is 18.0 Å². The number of aromatic amines is 1.